The molecule has 0 aliphatic heterocycles. The molecule has 0 aromatic heterocycles. The highest BCUT2D eigenvalue weighted by Crippen LogP contribution is 2.36. The molecule has 0 spiro atoms. The van der Waals surface area contributed by atoms with Gasteiger partial charge in [0.2, 0.25) is 0 Å². The van der Waals surface area contributed by atoms with Crippen LogP contribution < -0.4 is 5.32 Å². The fourth-order valence-corrected chi connectivity index (χ4v) is 2.98. The number of carbonyl (C=O) groups excluding carboxylic acids is 1. The van der Waals surface area contributed by atoms with Crippen molar-refractivity contribution < 1.29 is 18.0 Å². The maximum absolute atomic E-state index is 12.9. The first kappa shape index (κ1) is 17.7. The quantitative estimate of drug-likeness (QED) is 0.707. The number of benzene rings is 2. The molecule has 122 valence electrons. The molecule has 1 amide bonds. The Morgan fingerprint density at radius 1 is 1.22 bits per heavy atom. The number of alkyl halides is 3. The lowest BCUT2D eigenvalue weighted by Gasteiger charge is -2.13. The smallest absolute Gasteiger partial charge is 0.322 e. The molecular weight excluding hydrogens is 347 g/mol. The molecule has 7 heteroatoms. The summed E-state index contributed by atoms with van der Waals surface area (Å²) >= 11 is 7.05. The lowest BCUT2D eigenvalue weighted by Crippen LogP contribution is -2.14. The van der Waals surface area contributed by atoms with Crippen LogP contribution in [0, 0.1) is 0 Å². The SMILES string of the molecule is CCSc1ccccc1C(=O)Nc1ccc(Cl)c(C(F)(F)F)c1. The monoisotopic (exact) mass is 359 g/mol. The van der Waals surface area contributed by atoms with Crippen molar-refractivity contribution in [2.24, 2.45) is 0 Å². The van der Waals surface area contributed by atoms with Crippen molar-refractivity contribution in [3.63, 3.8) is 0 Å². The third-order valence-electron chi connectivity index (χ3n) is 2.96. The third kappa shape index (κ3) is 4.42. The number of hydrogen-bond acceptors (Lipinski definition) is 2. The average Bonchev–Trinajstić information content (AvgIpc) is 2.49. The molecule has 2 nitrogen and oxygen atoms in total. The van der Waals surface area contributed by atoms with Crippen LogP contribution in [0.5, 0.6) is 0 Å². The predicted octanol–water partition coefficient (Wildman–Crippen LogP) is 5.72. The van der Waals surface area contributed by atoms with E-state index in [1.54, 1.807) is 24.3 Å². The minimum absolute atomic E-state index is 0.0445. The van der Waals surface area contributed by atoms with E-state index in [9.17, 15) is 18.0 Å². The van der Waals surface area contributed by atoms with Crippen LogP contribution in [0.25, 0.3) is 0 Å². The number of nitrogens with one attached hydrogen (secondary N) is 1. The van der Waals surface area contributed by atoms with Gasteiger partial charge in [-0.25, -0.2) is 0 Å². The van der Waals surface area contributed by atoms with E-state index in [1.807, 2.05) is 6.92 Å². The zero-order valence-corrected chi connectivity index (χ0v) is 13.6. The Kier molecular flexibility index (Phi) is 5.59. The lowest BCUT2D eigenvalue weighted by molar-refractivity contribution is -0.137. The van der Waals surface area contributed by atoms with Gasteiger partial charge in [-0.15, -0.1) is 11.8 Å². The van der Waals surface area contributed by atoms with Gasteiger partial charge in [0.15, 0.2) is 0 Å². The van der Waals surface area contributed by atoms with Gasteiger partial charge in [0.1, 0.15) is 0 Å². The van der Waals surface area contributed by atoms with Crippen LogP contribution in [0.1, 0.15) is 22.8 Å². The minimum atomic E-state index is -4.58. The first-order valence-electron chi connectivity index (χ1n) is 6.73. The Balaban J connectivity index is 2.28. The molecule has 0 bridgehead atoms. The second-order valence-corrected chi connectivity index (χ2v) is 6.29. The maximum atomic E-state index is 12.9. The Labute approximate surface area is 141 Å². The molecule has 0 aliphatic carbocycles. The molecule has 1 N–H and O–H groups in total. The second-order valence-electron chi connectivity index (χ2n) is 4.58. The van der Waals surface area contributed by atoms with Crippen LogP contribution in [-0.2, 0) is 6.18 Å². The summed E-state index contributed by atoms with van der Waals surface area (Å²) in [6, 6.07) is 10.2. The van der Waals surface area contributed by atoms with Crippen molar-refractivity contribution in [2.45, 2.75) is 18.0 Å². The van der Waals surface area contributed by atoms with E-state index in [2.05, 4.69) is 5.32 Å². The van der Waals surface area contributed by atoms with Crippen molar-refractivity contribution >= 4 is 35.0 Å². The van der Waals surface area contributed by atoms with Crippen LogP contribution in [0.15, 0.2) is 47.4 Å². The largest absolute Gasteiger partial charge is 0.417 e. The second kappa shape index (κ2) is 7.27. The molecule has 0 aliphatic rings. The summed E-state index contributed by atoms with van der Waals surface area (Å²) in [4.78, 5) is 13.1. The van der Waals surface area contributed by atoms with Gasteiger partial charge in [0.25, 0.3) is 5.91 Å². The first-order valence-corrected chi connectivity index (χ1v) is 8.09. The van der Waals surface area contributed by atoms with Gasteiger partial charge in [-0.05, 0) is 36.1 Å². The molecule has 0 radical (unpaired) electrons. The minimum Gasteiger partial charge on any atom is -0.322 e. The molecule has 0 unspecified atom stereocenters. The highest BCUT2D eigenvalue weighted by Gasteiger charge is 2.33. The fraction of sp³-hybridized carbons (Fsp3) is 0.188. The van der Waals surface area contributed by atoms with Gasteiger partial charge in [0.05, 0.1) is 16.1 Å². The Hall–Kier alpha value is -1.66. The van der Waals surface area contributed by atoms with Crippen LogP contribution >= 0.6 is 23.4 Å². The summed E-state index contributed by atoms with van der Waals surface area (Å²) in [6.07, 6.45) is -4.58. The van der Waals surface area contributed by atoms with Crippen LogP contribution in [0.4, 0.5) is 18.9 Å². The van der Waals surface area contributed by atoms with Crippen molar-refractivity contribution in [1.82, 2.24) is 0 Å². The van der Waals surface area contributed by atoms with Crippen molar-refractivity contribution in [3.8, 4) is 0 Å². The fourth-order valence-electron chi connectivity index (χ4n) is 1.95. The summed E-state index contributed by atoms with van der Waals surface area (Å²) in [5, 5.41) is 2.08. The Bertz CT molecular complexity index is 719. The average molecular weight is 360 g/mol. The Morgan fingerprint density at radius 2 is 1.91 bits per heavy atom. The van der Waals surface area contributed by atoms with Gasteiger partial charge < -0.3 is 5.32 Å². The van der Waals surface area contributed by atoms with E-state index < -0.39 is 22.7 Å². The predicted molar refractivity (Wildman–Crippen MR) is 87.2 cm³/mol. The van der Waals surface area contributed by atoms with E-state index in [0.29, 0.717) is 5.56 Å². The number of halogens is 4. The van der Waals surface area contributed by atoms with Crippen molar-refractivity contribution in [1.29, 1.82) is 0 Å². The molecule has 2 aromatic carbocycles. The van der Waals surface area contributed by atoms with Gasteiger partial charge in [-0.2, -0.15) is 13.2 Å². The highest BCUT2D eigenvalue weighted by molar-refractivity contribution is 7.99. The summed E-state index contributed by atoms with van der Waals surface area (Å²) in [5.74, 6) is 0.320. The highest BCUT2D eigenvalue weighted by atomic mass is 35.5. The number of anilines is 1. The zero-order chi connectivity index (χ0) is 17.0. The van der Waals surface area contributed by atoms with Gasteiger partial charge >= 0.3 is 6.18 Å². The molecule has 0 fully saturated rings. The molecule has 2 aromatic rings. The molecule has 0 saturated heterocycles. The summed E-state index contributed by atoms with van der Waals surface area (Å²) in [6.45, 7) is 1.95. The van der Waals surface area contributed by atoms with E-state index in [-0.39, 0.29) is 5.69 Å². The van der Waals surface area contributed by atoms with Crippen LogP contribution in [0.2, 0.25) is 5.02 Å². The molecule has 0 saturated carbocycles. The van der Waals surface area contributed by atoms with Gasteiger partial charge in [-0.3, -0.25) is 4.79 Å². The standard InChI is InChI=1S/C16H13ClF3NOS/c1-2-23-14-6-4-3-5-11(14)15(22)21-10-7-8-13(17)12(9-10)16(18,19)20/h3-9H,2H2,1H3,(H,21,22). The first-order chi connectivity index (χ1) is 10.8. The van der Waals surface area contributed by atoms with Crippen LogP contribution in [-0.4, -0.2) is 11.7 Å². The summed E-state index contributed by atoms with van der Waals surface area (Å²) in [7, 11) is 0. The van der Waals surface area contributed by atoms with Crippen molar-refractivity contribution in [2.75, 3.05) is 11.1 Å². The van der Waals surface area contributed by atoms with Crippen LogP contribution in [0.3, 0.4) is 0 Å². The normalized spacial score (nSPS) is 11.3. The number of hydrogen-bond donors (Lipinski definition) is 1. The number of amides is 1. The molecule has 0 atom stereocenters. The summed E-state index contributed by atoms with van der Waals surface area (Å²) < 4.78 is 38.6. The van der Waals surface area contributed by atoms with Gasteiger partial charge in [0, 0.05) is 10.6 Å². The van der Waals surface area contributed by atoms with E-state index in [1.165, 1.54) is 17.8 Å². The molecule has 23 heavy (non-hydrogen) atoms. The number of rotatable bonds is 4. The lowest BCUT2D eigenvalue weighted by atomic mass is 10.1. The third-order valence-corrected chi connectivity index (χ3v) is 4.25. The molecule has 2 rings (SSSR count). The topological polar surface area (TPSA) is 29.1 Å². The summed E-state index contributed by atoms with van der Waals surface area (Å²) in [5.41, 5.74) is -0.515. The van der Waals surface area contributed by atoms with E-state index in [0.717, 1.165) is 22.8 Å². The number of carbonyl (C=O) groups is 1. The molecular formula is C16H13ClF3NOS. The Morgan fingerprint density at radius 3 is 2.57 bits per heavy atom. The molecule has 0 heterocycles. The van der Waals surface area contributed by atoms with Gasteiger partial charge in [-0.1, -0.05) is 30.7 Å². The maximum Gasteiger partial charge on any atom is 0.417 e. The zero-order valence-electron chi connectivity index (χ0n) is 12.1. The van der Waals surface area contributed by atoms with Crippen molar-refractivity contribution in [3.05, 3.63) is 58.6 Å². The number of thioether (sulfide) groups is 1. The van der Waals surface area contributed by atoms with E-state index >= 15 is 0 Å². The van der Waals surface area contributed by atoms with E-state index in [4.69, 9.17) is 11.6 Å².